The Balaban J connectivity index is 2.54. The van der Waals surface area contributed by atoms with Gasteiger partial charge in [0.2, 0.25) is 0 Å². The Bertz CT molecular complexity index is 173. The van der Waals surface area contributed by atoms with Gasteiger partial charge in [-0.05, 0) is 0 Å². The Kier molecular flexibility index (Phi) is 0.599. The van der Waals surface area contributed by atoms with Crippen molar-refractivity contribution in [3.63, 3.8) is 0 Å². The minimum Gasteiger partial charge on any atom is -0.304 e. The van der Waals surface area contributed by atoms with Gasteiger partial charge in [0, 0.05) is 0 Å². The molecular weight excluding hydrogens is 104 g/mol. The average Bonchev–Trinajstić information content (AvgIpc) is 2.15. The molecule has 0 atom stereocenters. The Labute approximate surface area is 46.5 Å². The van der Waals surface area contributed by atoms with Crippen LogP contribution in [0.1, 0.15) is 0 Å². The van der Waals surface area contributed by atoms with Gasteiger partial charge in [0.25, 0.3) is 0 Å². The maximum absolute atomic E-state index is 3.90. The minimum atomic E-state index is 0.815. The summed E-state index contributed by atoms with van der Waals surface area (Å²) in [7, 11) is 0. The molecule has 0 bridgehead atoms. The molecule has 1 aromatic rings. The number of anilines is 1. The van der Waals surface area contributed by atoms with Gasteiger partial charge in [0.05, 0.1) is 19.2 Å². The number of rotatable bonds is 0. The molecule has 1 aliphatic rings. The van der Waals surface area contributed by atoms with Gasteiger partial charge >= 0.3 is 0 Å². The van der Waals surface area contributed by atoms with Crippen molar-refractivity contribution in [2.24, 2.45) is 0 Å². The highest BCUT2D eigenvalue weighted by molar-refractivity contribution is 5.33. The van der Waals surface area contributed by atoms with Crippen molar-refractivity contribution in [2.75, 3.05) is 5.43 Å². The predicted octanol–water partition coefficient (Wildman–Crippen LogP) is -0.229. The van der Waals surface area contributed by atoms with Crippen LogP contribution in [-0.4, -0.2) is 9.55 Å². The maximum atomic E-state index is 3.90. The second-order valence-corrected chi connectivity index (χ2v) is 1.71. The summed E-state index contributed by atoms with van der Waals surface area (Å²) in [6.45, 7) is 0.815. The van der Waals surface area contributed by atoms with E-state index in [0.29, 0.717) is 0 Å². The van der Waals surface area contributed by atoms with Gasteiger partial charge in [-0.2, -0.15) is 0 Å². The van der Waals surface area contributed by atoms with E-state index in [4.69, 9.17) is 0 Å². The number of hydrogen-bond acceptors (Lipinski definition) is 3. The van der Waals surface area contributed by atoms with Gasteiger partial charge in [-0.3, -0.25) is 0 Å². The number of fused-ring (bicyclic) bond motifs is 1. The molecule has 2 rings (SSSR count). The molecule has 0 unspecified atom stereocenters. The predicted molar refractivity (Wildman–Crippen MR) is 29.0 cm³/mol. The zero-order valence-electron chi connectivity index (χ0n) is 4.26. The molecule has 42 valence electrons. The summed E-state index contributed by atoms with van der Waals surface area (Å²) in [5.41, 5.74) is 5.87. The van der Waals surface area contributed by atoms with Crippen LogP contribution in [0.25, 0.3) is 0 Å². The Hall–Kier alpha value is -1.03. The third-order valence-corrected chi connectivity index (χ3v) is 1.18. The van der Waals surface area contributed by atoms with Crippen molar-refractivity contribution < 1.29 is 0 Å². The molecule has 0 aromatic carbocycles. The van der Waals surface area contributed by atoms with Crippen molar-refractivity contribution in [3.8, 4) is 0 Å². The highest BCUT2D eigenvalue weighted by atomic mass is 15.5. The van der Waals surface area contributed by atoms with Crippen molar-refractivity contribution >= 4 is 5.82 Å². The van der Waals surface area contributed by atoms with Gasteiger partial charge in [-0.1, -0.05) is 0 Å². The van der Waals surface area contributed by atoms with E-state index in [0.717, 1.165) is 12.5 Å². The third kappa shape index (κ3) is 0.350. The van der Waals surface area contributed by atoms with Gasteiger partial charge in [-0.15, -0.1) is 0 Å². The van der Waals surface area contributed by atoms with Crippen LogP contribution in [-0.2, 0) is 6.67 Å². The zero-order valence-corrected chi connectivity index (χ0v) is 4.26. The molecule has 0 saturated heterocycles. The van der Waals surface area contributed by atoms with Crippen LogP contribution < -0.4 is 10.9 Å². The fourth-order valence-corrected chi connectivity index (χ4v) is 0.766. The molecule has 0 spiro atoms. The first-order valence-corrected chi connectivity index (χ1v) is 2.46. The van der Waals surface area contributed by atoms with Crippen molar-refractivity contribution in [3.05, 3.63) is 12.5 Å². The minimum absolute atomic E-state index is 0.815. The largest absolute Gasteiger partial charge is 0.304 e. The Morgan fingerprint density at radius 1 is 1.75 bits per heavy atom. The smallest absolute Gasteiger partial charge is 0.141 e. The molecule has 0 saturated carbocycles. The van der Waals surface area contributed by atoms with E-state index in [1.807, 2.05) is 4.57 Å². The van der Waals surface area contributed by atoms with Crippen LogP contribution >= 0.6 is 0 Å². The lowest BCUT2D eigenvalue weighted by Crippen LogP contribution is -2.12. The molecule has 0 fully saturated rings. The van der Waals surface area contributed by atoms with E-state index in [1.165, 1.54) is 0 Å². The number of hydrogen-bond donors (Lipinski definition) is 2. The van der Waals surface area contributed by atoms with Gasteiger partial charge in [-0.25, -0.2) is 10.4 Å². The number of nitrogens with one attached hydrogen (secondary N) is 2. The molecule has 2 N–H and O–H groups in total. The molecule has 0 amide bonds. The first-order chi connectivity index (χ1) is 3.97. The second kappa shape index (κ2) is 1.23. The molecule has 2 heterocycles. The quantitative estimate of drug-likeness (QED) is 0.484. The number of hydrazine groups is 1. The van der Waals surface area contributed by atoms with E-state index in [1.54, 1.807) is 12.5 Å². The first kappa shape index (κ1) is 3.91. The van der Waals surface area contributed by atoms with Crippen LogP contribution in [0.5, 0.6) is 0 Å². The number of nitrogens with zero attached hydrogens (tertiary/aromatic N) is 2. The fraction of sp³-hybridized carbons (Fsp3) is 0.250. The van der Waals surface area contributed by atoms with Crippen molar-refractivity contribution in [1.82, 2.24) is 15.0 Å². The van der Waals surface area contributed by atoms with Crippen molar-refractivity contribution in [2.45, 2.75) is 6.67 Å². The Morgan fingerprint density at radius 2 is 2.75 bits per heavy atom. The molecule has 8 heavy (non-hydrogen) atoms. The number of aromatic nitrogens is 2. The molecule has 4 nitrogen and oxygen atoms in total. The summed E-state index contributed by atoms with van der Waals surface area (Å²) < 4.78 is 1.99. The third-order valence-electron chi connectivity index (χ3n) is 1.18. The second-order valence-electron chi connectivity index (χ2n) is 1.71. The van der Waals surface area contributed by atoms with E-state index in [9.17, 15) is 0 Å². The summed E-state index contributed by atoms with van der Waals surface area (Å²) in [4.78, 5) is 3.90. The number of imidazole rings is 1. The van der Waals surface area contributed by atoms with Crippen LogP contribution in [0.15, 0.2) is 12.5 Å². The van der Waals surface area contributed by atoms with Crippen LogP contribution in [0.4, 0.5) is 5.82 Å². The lowest BCUT2D eigenvalue weighted by atomic mass is 10.8. The summed E-state index contributed by atoms with van der Waals surface area (Å²) in [5.74, 6) is 1.03. The molecule has 0 aliphatic carbocycles. The van der Waals surface area contributed by atoms with Gasteiger partial charge in [0.15, 0.2) is 0 Å². The lowest BCUT2D eigenvalue weighted by molar-refractivity contribution is 0.687. The summed E-state index contributed by atoms with van der Waals surface area (Å²) >= 11 is 0. The van der Waals surface area contributed by atoms with E-state index in [-0.39, 0.29) is 0 Å². The van der Waals surface area contributed by atoms with Gasteiger partial charge in [0.1, 0.15) is 5.82 Å². The molecule has 4 heteroatoms. The molecule has 1 aromatic heterocycles. The summed E-state index contributed by atoms with van der Waals surface area (Å²) in [6.07, 6.45) is 3.56. The van der Waals surface area contributed by atoms with Crippen LogP contribution in [0.2, 0.25) is 0 Å². The highest BCUT2D eigenvalue weighted by Crippen LogP contribution is 2.06. The van der Waals surface area contributed by atoms with Crippen LogP contribution in [0, 0.1) is 0 Å². The van der Waals surface area contributed by atoms with Crippen LogP contribution in [0.3, 0.4) is 0 Å². The summed E-state index contributed by atoms with van der Waals surface area (Å²) in [5, 5.41) is 0. The summed E-state index contributed by atoms with van der Waals surface area (Å²) in [6, 6.07) is 0. The Morgan fingerprint density at radius 3 is 3.62 bits per heavy atom. The first-order valence-electron chi connectivity index (χ1n) is 2.46. The van der Waals surface area contributed by atoms with Gasteiger partial charge < -0.3 is 9.99 Å². The SMILES string of the molecule is c1ncn2c1NNC2. The molecular formula is C4H6N4. The van der Waals surface area contributed by atoms with E-state index >= 15 is 0 Å². The normalized spacial score (nSPS) is 15.5. The zero-order chi connectivity index (χ0) is 5.40. The average molecular weight is 110 g/mol. The topological polar surface area (TPSA) is 41.9 Å². The highest BCUT2D eigenvalue weighted by Gasteiger charge is 2.04. The molecule has 0 radical (unpaired) electrons. The standard InChI is InChI=1S/C4H6N4/c1-4-7-6-3-8(4)2-5-1/h1-2,6-7H,3H2. The monoisotopic (exact) mass is 110 g/mol. The van der Waals surface area contributed by atoms with E-state index < -0.39 is 0 Å². The lowest BCUT2D eigenvalue weighted by Gasteiger charge is -1.85. The van der Waals surface area contributed by atoms with E-state index in [2.05, 4.69) is 15.8 Å². The fourth-order valence-electron chi connectivity index (χ4n) is 0.766. The molecule has 1 aliphatic heterocycles. The van der Waals surface area contributed by atoms with Crippen molar-refractivity contribution in [1.29, 1.82) is 0 Å². The maximum Gasteiger partial charge on any atom is 0.141 e.